The highest BCUT2D eigenvalue weighted by Gasteiger charge is 2.32. The molecule has 10 nitrogen and oxygen atoms in total. The van der Waals surface area contributed by atoms with E-state index in [1.165, 1.54) is 35.1 Å². The van der Waals surface area contributed by atoms with Gasteiger partial charge < -0.3 is 24.6 Å². The van der Waals surface area contributed by atoms with E-state index < -0.39 is 12.0 Å². The fraction of sp³-hybridized carbons (Fsp3) is 0.135. The second-order valence-electron chi connectivity index (χ2n) is 11.0. The number of hydrogen-bond acceptors (Lipinski definition) is 8. The topological polar surface area (TPSA) is 128 Å². The van der Waals surface area contributed by atoms with Crippen molar-refractivity contribution in [3.8, 4) is 17.2 Å². The molecule has 0 saturated carbocycles. The Hall–Kier alpha value is -5.65. The molecule has 1 aromatic heterocycles. The molecule has 0 bridgehead atoms. The third-order valence-corrected chi connectivity index (χ3v) is 9.10. The van der Waals surface area contributed by atoms with Crippen LogP contribution in [-0.2, 0) is 11.4 Å². The van der Waals surface area contributed by atoms with E-state index in [1.807, 2.05) is 30.3 Å². The number of ether oxygens (including phenoxy) is 3. The Balaban J connectivity index is 1.38. The van der Waals surface area contributed by atoms with E-state index in [1.54, 1.807) is 68.6 Å². The van der Waals surface area contributed by atoms with E-state index in [9.17, 15) is 19.5 Å². The number of amides is 1. The monoisotopic (exact) mass is 695 g/mol. The molecule has 0 unspecified atom stereocenters. The van der Waals surface area contributed by atoms with Gasteiger partial charge in [-0.2, -0.15) is 0 Å². The summed E-state index contributed by atoms with van der Waals surface area (Å²) in [6, 6.07) is 25.3. The molecule has 2 heterocycles. The van der Waals surface area contributed by atoms with E-state index in [2.05, 4.69) is 5.32 Å². The molecular formula is C37H30ClN3O7S. The van der Waals surface area contributed by atoms with Crippen LogP contribution in [0.4, 0.5) is 5.69 Å². The van der Waals surface area contributed by atoms with Crippen LogP contribution in [0, 0.1) is 0 Å². The number of fused-ring (bicyclic) bond motifs is 1. The number of nitrogens with one attached hydrogen (secondary N) is 1. The molecule has 1 aliphatic rings. The van der Waals surface area contributed by atoms with Crippen LogP contribution in [0.3, 0.4) is 0 Å². The van der Waals surface area contributed by atoms with Gasteiger partial charge >= 0.3 is 5.97 Å². The quantitative estimate of drug-likeness (QED) is 0.188. The Kier molecular flexibility index (Phi) is 9.65. The van der Waals surface area contributed by atoms with Gasteiger partial charge in [0.05, 0.1) is 46.7 Å². The molecule has 12 heteroatoms. The van der Waals surface area contributed by atoms with Crippen LogP contribution in [0.15, 0.2) is 112 Å². The average Bonchev–Trinajstić information content (AvgIpc) is 3.40. The molecule has 6 rings (SSSR count). The smallest absolute Gasteiger partial charge is 0.335 e. The molecule has 1 aliphatic heterocycles. The first-order valence-electron chi connectivity index (χ1n) is 15.0. The summed E-state index contributed by atoms with van der Waals surface area (Å²) in [5, 5.41) is 12.5. The summed E-state index contributed by atoms with van der Waals surface area (Å²) in [5.74, 6) is -0.173. The zero-order chi connectivity index (χ0) is 34.7. The number of aromatic carboxylic acids is 1. The number of benzene rings is 4. The molecule has 0 radical (unpaired) electrons. The summed E-state index contributed by atoms with van der Waals surface area (Å²) in [6.45, 7) is 1.81. The van der Waals surface area contributed by atoms with E-state index in [0.717, 1.165) is 0 Å². The molecular weight excluding hydrogens is 666 g/mol. The predicted octanol–water partition coefficient (Wildman–Crippen LogP) is 5.82. The number of anilines is 1. The number of halogens is 1. The second kappa shape index (κ2) is 14.2. The summed E-state index contributed by atoms with van der Waals surface area (Å²) in [4.78, 5) is 44.5. The van der Waals surface area contributed by atoms with E-state index in [-0.39, 0.29) is 34.4 Å². The number of carboxylic acids is 1. The van der Waals surface area contributed by atoms with Crippen molar-refractivity contribution in [1.82, 2.24) is 4.57 Å². The first-order valence-corrected chi connectivity index (χ1v) is 16.2. The lowest BCUT2D eigenvalue weighted by atomic mass is 9.95. The summed E-state index contributed by atoms with van der Waals surface area (Å²) in [7, 11) is 3.04. The maximum atomic E-state index is 14.2. The SMILES string of the molecule is COc1ccc([C@@H]2C(C(=O)Nc3ccccc3)=C(C)N=c3s/c(=C/c4cc(Cl)c(OCc5cccc(C(=O)O)c5)c(OC)c4)c(=O)n32)cc1. The molecule has 0 spiro atoms. The second-order valence-corrected chi connectivity index (χ2v) is 12.4. The van der Waals surface area contributed by atoms with Gasteiger partial charge in [0.15, 0.2) is 16.3 Å². The van der Waals surface area contributed by atoms with Crippen molar-refractivity contribution in [1.29, 1.82) is 0 Å². The predicted molar refractivity (Wildman–Crippen MR) is 188 cm³/mol. The standard InChI is InChI=1S/C37H30ClN3O7S/c1-21-31(34(42)40-26-10-5-4-6-11-26)32(24-12-14-27(46-2)15-13-24)41-35(43)30(49-37(41)39-21)19-23-17-28(38)33(29(18-23)47-3)48-20-22-8-7-9-25(16-22)36(44)45/h4-19,32H,20H2,1-3H3,(H,40,42)(H,44,45)/b30-19+/t32-/m1/s1. The van der Waals surface area contributed by atoms with Crippen LogP contribution < -0.4 is 34.4 Å². The number of carbonyl (C=O) groups excluding carboxylic acids is 1. The normalized spacial score (nSPS) is 14.1. The van der Waals surface area contributed by atoms with Crippen LogP contribution in [0.1, 0.15) is 40.0 Å². The van der Waals surface area contributed by atoms with Gasteiger partial charge in [-0.05, 0) is 78.2 Å². The minimum absolute atomic E-state index is 0.0556. The maximum Gasteiger partial charge on any atom is 0.335 e. The van der Waals surface area contributed by atoms with Crippen molar-refractivity contribution in [2.24, 2.45) is 4.99 Å². The summed E-state index contributed by atoms with van der Waals surface area (Å²) in [6.07, 6.45) is 1.69. The van der Waals surface area contributed by atoms with E-state index in [4.69, 9.17) is 30.8 Å². The lowest BCUT2D eigenvalue weighted by molar-refractivity contribution is -0.113. The first-order chi connectivity index (χ1) is 23.7. The number of hydrogen-bond donors (Lipinski definition) is 2. The summed E-state index contributed by atoms with van der Waals surface area (Å²) >= 11 is 7.85. The number of allylic oxidation sites excluding steroid dienone is 1. The average molecular weight is 696 g/mol. The van der Waals surface area contributed by atoms with Gasteiger partial charge in [0.25, 0.3) is 11.5 Å². The molecule has 49 heavy (non-hydrogen) atoms. The fourth-order valence-corrected chi connectivity index (χ4v) is 6.82. The van der Waals surface area contributed by atoms with E-state index in [0.29, 0.717) is 54.5 Å². The molecule has 1 amide bonds. The fourth-order valence-electron chi connectivity index (χ4n) is 5.50. The van der Waals surface area contributed by atoms with Gasteiger partial charge in [0.1, 0.15) is 12.4 Å². The van der Waals surface area contributed by atoms with Gasteiger partial charge in [0.2, 0.25) is 0 Å². The van der Waals surface area contributed by atoms with Crippen molar-refractivity contribution in [2.75, 3.05) is 19.5 Å². The number of aromatic nitrogens is 1. The Labute approximate surface area is 289 Å². The minimum atomic E-state index is -1.04. The third kappa shape index (κ3) is 6.99. The van der Waals surface area contributed by atoms with Crippen molar-refractivity contribution >= 4 is 46.6 Å². The van der Waals surface area contributed by atoms with Crippen LogP contribution in [-0.4, -0.2) is 35.8 Å². The third-order valence-electron chi connectivity index (χ3n) is 7.84. The number of para-hydroxylation sites is 1. The largest absolute Gasteiger partial charge is 0.497 e. The van der Waals surface area contributed by atoms with Crippen LogP contribution in [0.5, 0.6) is 17.2 Å². The lowest BCUT2D eigenvalue weighted by Crippen LogP contribution is -2.40. The van der Waals surface area contributed by atoms with Crippen molar-refractivity contribution in [2.45, 2.75) is 19.6 Å². The number of nitrogens with zero attached hydrogens (tertiary/aromatic N) is 2. The molecule has 4 aromatic carbocycles. The Morgan fingerprint density at radius 1 is 1.00 bits per heavy atom. The maximum absolute atomic E-state index is 14.2. The molecule has 248 valence electrons. The van der Waals surface area contributed by atoms with Crippen LogP contribution >= 0.6 is 22.9 Å². The molecule has 5 aromatic rings. The highest BCUT2D eigenvalue weighted by atomic mass is 35.5. The molecule has 1 atom stereocenters. The number of thiazole rings is 1. The molecule has 0 saturated heterocycles. The van der Waals surface area contributed by atoms with Crippen molar-refractivity contribution in [3.63, 3.8) is 0 Å². The summed E-state index contributed by atoms with van der Waals surface area (Å²) in [5.41, 5.74) is 3.18. The molecule has 0 aliphatic carbocycles. The van der Waals surface area contributed by atoms with Gasteiger partial charge in [0, 0.05) is 5.69 Å². The van der Waals surface area contributed by atoms with Gasteiger partial charge in [-0.25, -0.2) is 9.79 Å². The Morgan fingerprint density at radius 2 is 1.76 bits per heavy atom. The van der Waals surface area contributed by atoms with E-state index >= 15 is 0 Å². The van der Waals surface area contributed by atoms with Crippen molar-refractivity contribution in [3.05, 3.63) is 149 Å². The molecule has 0 fully saturated rings. The van der Waals surface area contributed by atoms with Crippen molar-refractivity contribution < 1.29 is 28.9 Å². The number of carbonyl (C=O) groups is 2. The summed E-state index contributed by atoms with van der Waals surface area (Å²) < 4.78 is 18.8. The number of rotatable bonds is 10. The highest BCUT2D eigenvalue weighted by Crippen LogP contribution is 2.37. The Morgan fingerprint density at radius 3 is 2.45 bits per heavy atom. The molecule has 2 N–H and O–H groups in total. The zero-order valence-electron chi connectivity index (χ0n) is 26.6. The lowest BCUT2D eigenvalue weighted by Gasteiger charge is -2.25. The van der Waals surface area contributed by atoms with Gasteiger partial charge in [-0.3, -0.25) is 14.2 Å². The first kappa shape index (κ1) is 33.3. The van der Waals surface area contributed by atoms with Gasteiger partial charge in [-0.15, -0.1) is 0 Å². The zero-order valence-corrected chi connectivity index (χ0v) is 28.2. The van der Waals surface area contributed by atoms with Gasteiger partial charge in [-0.1, -0.05) is 65.4 Å². The minimum Gasteiger partial charge on any atom is -0.497 e. The highest BCUT2D eigenvalue weighted by molar-refractivity contribution is 7.07. The van der Waals surface area contributed by atoms with Crippen LogP contribution in [0.25, 0.3) is 6.08 Å². The van der Waals surface area contributed by atoms with Crippen LogP contribution in [0.2, 0.25) is 5.02 Å². The number of carboxylic acid groups (broad SMARTS) is 1. The Bertz CT molecular complexity index is 2280. The number of methoxy groups -OCH3 is 2.